The molecule has 0 spiro atoms. The highest BCUT2D eigenvalue weighted by Crippen LogP contribution is 2.41. The van der Waals surface area contributed by atoms with Gasteiger partial charge in [0.25, 0.3) is 0 Å². The summed E-state index contributed by atoms with van der Waals surface area (Å²) >= 11 is 0. The molecule has 1 heterocycles. The predicted octanol–water partition coefficient (Wildman–Crippen LogP) is 4.53. The first kappa shape index (κ1) is 21.1. The van der Waals surface area contributed by atoms with Crippen molar-refractivity contribution in [2.24, 2.45) is 4.99 Å². The van der Waals surface area contributed by atoms with Gasteiger partial charge in [0.1, 0.15) is 17.1 Å². The van der Waals surface area contributed by atoms with Crippen LogP contribution in [0, 0.1) is 0 Å². The number of urea groups is 1. The number of carboxylic acids is 1. The molecule has 0 bridgehead atoms. The summed E-state index contributed by atoms with van der Waals surface area (Å²) in [5.74, 6) is -2.06. The number of benzene rings is 3. The molecule has 0 saturated carbocycles. The Bertz CT molecular complexity index is 1180. The predicted molar refractivity (Wildman–Crippen MR) is 120 cm³/mol. The molecule has 3 aromatic rings. The van der Waals surface area contributed by atoms with Crippen LogP contribution in [-0.4, -0.2) is 34.5 Å². The lowest BCUT2D eigenvalue weighted by molar-refractivity contribution is 0.0689. The summed E-state index contributed by atoms with van der Waals surface area (Å²) in [4.78, 5) is 28.5. The number of phenols is 1. The lowest BCUT2D eigenvalue weighted by atomic mass is 9.79. The second kappa shape index (κ2) is 8.93. The van der Waals surface area contributed by atoms with Gasteiger partial charge in [-0.15, -0.1) is 0 Å². The fraction of sp³-hybridized carbons (Fsp3) is 0.160. The van der Waals surface area contributed by atoms with Crippen molar-refractivity contribution in [3.8, 4) is 11.5 Å². The van der Waals surface area contributed by atoms with Crippen LogP contribution in [0.3, 0.4) is 0 Å². The molecule has 1 aliphatic heterocycles. The van der Waals surface area contributed by atoms with Gasteiger partial charge in [-0.1, -0.05) is 60.7 Å². The standard InChI is InChI=1S/C25H22N2O5/c1-2-32-19-14-17(13-18(28)21(19)24(29)30)23-20(15-9-5-3-6-10-15)22(26-25(31)27-23)16-11-7-4-8-12-16/h3-14,20,23,28H,2H2,1H3,(H,27,31)(H,29,30). The van der Waals surface area contributed by atoms with Gasteiger partial charge < -0.3 is 20.3 Å². The van der Waals surface area contributed by atoms with Crippen molar-refractivity contribution in [2.75, 3.05) is 6.61 Å². The Morgan fingerprint density at radius 3 is 2.31 bits per heavy atom. The van der Waals surface area contributed by atoms with Gasteiger partial charge >= 0.3 is 12.0 Å². The molecule has 0 saturated heterocycles. The number of aliphatic imine (C=N–C) groups is 1. The second-order valence-corrected chi connectivity index (χ2v) is 7.33. The molecule has 3 N–H and O–H groups in total. The number of carbonyl (C=O) groups is 2. The molecule has 162 valence electrons. The van der Waals surface area contributed by atoms with Crippen LogP contribution in [-0.2, 0) is 0 Å². The molecular weight excluding hydrogens is 408 g/mol. The van der Waals surface area contributed by atoms with Crippen LogP contribution >= 0.6 is 0 Å². The number of carbonyl (C=O) groups excluding carboxylic acids is 1. The molecule has 0 aromatic heterocycles. The maximum Gasteiger partial charge on any atom is 0.343 e. The number of aromatic hydroxyl groups is 1. The summed E-state index contributed by atoms with van der Waals surface area (Å²) in [7, 11) is 0. The molecule has 0 aliphatic carbocycles. The summed E-state index contributed by atoms with van der Waals surface area (Å²) in [6.07, 6.45) is 0. The van der Waals surface area contributed by atoms with Crippen LogP contribution in [0.1, 0.15) is 45.9 Å². The first-order valence-corrected chi connectivity index (χ1v) is 10.2. The summed E-state index contributed by atoms with van der Waals surface area (Å²) < 4.78 is 5.51. The highest BCUT2D eigenvalue weighted by Gasteiger charge is 2.36. The second-order valence-electron chi connectivity index (χ2n) is 7.33. The smallest absolute Gasteiger partial charge is 0.343 e. The van der Waals surface area contributed by atoms with E-state index in [1.165, 1.54) is 6.07 Å². The Morgan fingerprint density at radius 2 is 1.69 bits per heavy atom. The van der Waals surface area contributed by atoms with Crippen molar-refractivity contribution in [1.29, 1.82) is 0 Å². The highest BCUT2D eigenvalue weighted by atomic mass is 16.5. The topological polar surface area (TPSA) is 108 Å². The van der Waals surface area contributed by atoms with Crippen LogP contribution in [0.2, 0.25) is 0 Å². The number of nitrogens with one attached hydrogen (secondary N) is 1. The van der Waals surface area contributed by atoms with Crippen molar-refractivity contribution in [3.63, 3.8) is 0 Å². The van der Waals surface area contributed by atoms with E-state index in [1.807, 2.05) is 60.7 Å². The van der Waals surface area contributed by atoms with Gasteiger partial charge in [0.2, 0.25) is 0 Å². The van der Waals surface area contributed by atoms with Gasteiger partial charge in [0, 0.05) is 0 Å². The van der Waals surface area contributed by atoms with E-state index in [-0.39, 0.29) is 23.8 Å². The van der Waals surface area contributed by atoms with Gasteiger partial charge in [0.15, 0.2) is 0 Å². The van der Waals surface area contributed by atoms with Gasteiger partial charge in [-0.3, -0.25) is 0 Å². The van der Waals surface area contributed by atoms with Crippen molar-refractivity contribution < 1.29 is 24.5 Å². The van der Waals surface area contributed by atoms with Gasteiger partial charge in [-0.05, 0) is 35.7 Å². The molecule has 1 aliphatic rings. The molecule has 0 fully saturated rings. The van der Waals surface area contributed by atoms with E-state index in [2.05, 4.69) is 10.3 Å². The average molecular weight is 430 g/mol. The first-order valence-electron chi connectivity index (χ1n) is 10.2. The number of hydrogen-bond acceptors (Lipinski definition) is 4. The fourth-order valence-corrected chi connectivity index (χ4v) is 4.01. The molecule has 7 heteroatoms. The zero-order valence-corrected chi connectivity index (χ0v) is 17.4. The number of carboxylic acid groups (broad SMARTS) is 1. The SMILES string of the molecule is CCOc1cc(C2NC(=O)N=C(c3ccccc3)C2c2ccccc2)cc(O)c1C(=O)O. The largest absolute Gasteiger partial charge is 0.507 e. The molecule has 0 radical (unpaired) electrons. The monoisotopic (exact) mass is 430 g/mol. The van der Waals surface area contributed by atoms with Crippen molar-refractivity contribution in [1.82, 2.24) is 5.32 Å². The number of rotatable bonds is 6. The van der Waals surface area contributed by atoms with E-state index < -0.39 is 23.8 Å². The van der Waals surface area contributed by atoms with Crippen LogP contribution < -0.4 is 10.1 Å². The third kappa shape index (κ3) is 4.05. The van der Waals surface area contributed by atoms with Gasteiger partial charge in [-0.2, -0.15) is 4.99 Å². The normalized spacial score (nSPS) is 17.9. The Balaban J connectivity index is 1.90. The molecule has 32 heavy (non-hydrogen) atoms. The van der Waals surface area contributed by atoms with E-state index in [0.717, 1.165) is 11.1 Å². The molecule has 7 nitrogen and oxygen atoms in total. The molecule has 2 unspecified atom stereocenters. The van der Waals surface area contributed by atoms with E-state index in [9.17, 15) is 19.8 Å². The number of ether oxygens (including phenoxy) is 1. The van der Waals surface area contributed by atoms with E-state index in [0.29, 0.717) is 11.3 Å². The lowest BCUT2D eigenvalue weighted by Crippen LogP contribution is -2.40. The van der Waals surface area contributed by atoms with E-state index in [1.54, 1.807) is 13.0 Å². The molecule has 2 atom stereocenters. The molecule has 3 aromatic carbocycles. The Labute approximate surface area is 185 Å². The minimum Gasteiger partial charge on any atom is -0.507 e. The zero-order valence-electron chi connectivity index (χ0n) is 17.4. The van der Waals surface area contributed by atoms with E-state index >= 15 is 0 Å². The van der Waals surface area contributed by atoms with Crippen molar-refractivity contribution in [3.05, 3.63) is 95.1 Å². The first-order chi connectivity index (χ1) is 15.5. The summed E-state index contributed by atoms with van der Waals surface area (Å²) in [6.45, 7) is 1.95. The van der Waals surface area contributed by atoms with E-state index in [4.69, 9.17) is 4.74 Å². The number of hydrogen-bond donors (Lipinski definition) is 3. The van der Waals surface area contributed by atoms with Crippen molar-refractivity contribution in [2.45, 2.75) is 18.9 Å². The van der Waals surface area contributed by atoms with Crippen LogP contribution in [0.25, 0.3) is 0 Å². The Morgan fingerprint density at radius 1 is 1.03 bits per heavy atom. The van der Waals surface area contributed by atoms with Crippen molar-refractivity contribution >= 4 is 17.7 Å². The third-order valence-corrected chi connectivity index (χ3v) is 5.33. The fourth-order valence-electron chi connectivity index (χ4n) is 4.01. The Hall–Kier alpha value is -4.13. The van der Waals surface area contributed by atoms with Crippen LogP contribution in [0.5, 0.6) is 11.5 Å². The highest BCUT2D eigenvalue weighted by molar-refractivity contribution is 6.12. The molecule has 4 rings (SSSR count). The molecular formula is C25H22N2O5. The maximum atomic E-state index is 12.6. The lowest BCUT2D eigenvalue weighted by Gasteiger charge is -2.33. The van der Waals surface area contributed by atoms with Gasteiger partial charge in [-0.25, -0.2) is 9.59 Å². The summed E-state index contributed by atoms with van der Waals surface area (Å²) in [6, 6.07) is 20.8. The minimum absolute atomic E-state index is 0.0415. The third-order valence-electron chi connectivity index (χ3n) is 5.33. The van der Waals surface area contributed by atoms with Crippen LogP contribution in [0.4, 0.5) is 4.79 Å². The number of nitrogens with zero attached hydrogens (tertiary/aromatic N) is 1. The number of aromatic carboxylic acids is 1. The summed E-state index contributed by atoms with van der Waals surface area (Å²) in [5, 5.41) is 22.9. The summed E-state index contributed by atoms with van der Waals surface area (Å²) in [5.41, 5.74) is 2.51. The zero-order chi connectivity index (χ0) is 22.7. The van der Waals surface area contributed by atoms with Gasteiger partial charge in [0.05, 0.1) is 24.3 Å². The maximum absolute atomic E-state index is 12.6. The quantitative estimate of drug-likeness (QED) is 0.533. The minimum atomic E-state index is -1.30. The van der Waals surface area contributed by atoms with Crippen LogP contribution in [0.15, 0.2) is 77.8 Å². The average Bonchev–Trinajstić information content (AvgIpc) is 2.79. The Kier molecular flexibility index (Phi) is 5.89. The number of amides is 2. The molecule has 2 amide bonds.